The summed E-state index contributed by atoms with van der Waals surface area (Å²) < 4.78 is 42.8. The number of rotatable bonds is 3. The molecule has 3 heterocycles. The van der Waals surface area contributed by atoms with Gasteiger partial charge >= 0.3 is 6.18 Å². The van der Waals surface area contributed by atoms with E-state index in [1.165, 1.54) is 4.52 Å². The number of benzene rings is 1. The van der Waals surface area contributed by atoms with E-state index in [0.717, 1.165) is 32.7 Å². The van der Waals surface area contributed by atoms with Crippen molar-refractivity contribution in [3.63, 3.8) is 0 Å². The standard InChI is InChI=1S/C20H22F3N5/c1-3-26-9-11-27(12-10-26)16-13-14(2)24-19-17(15-7-5-4-6-8-15)18(20(21,22)23)25-28(16)19/h4-8,13H,3,9-12H2,1-2H3. The molecule has 5 nitrogen and oxygen atoms in total. The van der Waals surface area contributed by atoms with Crippen LogP contribution in [0.2, 0.25) is 0 Å². The minimum absolute atomic E-state index is 0.0326. The van der Waals surface area contributed by atoms with Crippen LogP contribution < -0.4 is 4.90 Å². The molecule has 0 saturated carbocycles. The Labute approximate surface area is 161 Å². The molecule has 0 amide bonds. The number of likely N-dealkylation sites (N-methyl/N-ethyl adjacent to an activating group) is 1. The van der Waals surface area contributed by atoms with Crippen molar-refractivity contribution in [2.45, 2.75) is 20.0 Å². The zero-order chi connectivity index (χ0) is 19.9. The molecule has 0 spiro atoms. The van der Waals surface area contributed by atoms with Crippen LogP contribution in [0, 0.1) is 6.92 Å². The van der Waals surface area contributed by atoms with E-state index in [2.05, 4.69) is 26.8 Å². The minimum Gasteiger partial charge on any atom is -0.354 e. The third kappa shape index (κ3) is 3.32. The molecule has 2 aromatic heterocycles. The van der Waals surface area contributed by atoms with Crippen molar-refractivity contribution in [2.75, 3.05) is 37.6 Å². The first kappa shape index (κ1) is 18.7. The Morgan fingerprint density at radius 1 is 1.04 bits per heavy atom. The quantitative estimate of drug-likeness (QED) is 0.682. The number of alkyl halides is 3. The number of hydrogen-bond acceptors (Lipinski definition) is 4. The van der Waals surface area contributed by atoms with E-state index in [-0.39, 0.29) is 11.2 Å². The topological polar surface area (TPSA) is 36.7 Å². The van der Waals surface area contributed by atoms with Gasteiger partial charge in [-0.1, -0.05) is 37.3 Å². The number of nitrogens with zero attached hydrogens (tertiary/aromatic N) is 5. The molecule has 1 fully saturated rings. The van der Waals surface area contributed by atoms with Crippen molar-refractivity contribution < 1.29 is 13.2 Å². The van der Waals surface area contributed by atoms with Crippen LogP contribution in [0.1, 0.15) is 18.3 Å². The van der Waals surface area contributed by atoms with Gasteiger partial charge in [-0.3, -0.25) is 0 Å². The number of aryl methyl sites for hydroxylation is 1. The molecular formula is C20H22F3N5. The molecule has 0 bridgehead atoms. The average Bonchev–Trinajstić information content (AvgIpc) is 3.08. The molecule has 1 aliphatic heterocycles. The van der Waals surface area contributed by atoms with E-state index in [1.54, 1.807) is 37.3 Å². The summed E-state index contributed by atoms with van der Waals surface area (Å²) in [7, 11) is 0. The van der Waals surface area contributed by atoms with E-state index in [9.17, 15) is 13.2 Å². The summed E-state index contributed by atoms with van der Waals surface area (Å²) in [6.07, 6.45) is -4.56. The van der Waals surface area contributed by atoms with Crippen molar-refractivity contribution in [3.05, 3.63) is 47.8 Å². The van der Waals surface area contributed by atoms with Crippen molar-refractivity contribution in [3.8, 4) is 11.1 Å². The molecule has 0 atom stereocenters. The maximum absolute atomic E-state index is 13.8. The number of aromatic nitrogens is 3. The van der Waals surface area contributed by atoms with E-state index in [0.29, 0.717) is 17.1 Å². The molecule has 3 aromatic rings. The second-order valence-corrected chi connectivity index (χ2v) is 7.00. The van der Waals surface area contributed by atoms with Crippen LogP contribution in [0.3, 0.4) is 0 Å². The Bertz CT molecular complexity index is 973. The van der Waals surface area contributed by atoms with E-state index in [4.69, 9.17) is 0 Å². The lowest BCUT2D eigenvalue weighted by molar-refractivity contribution is -0.140. The number of fused-ring (bicyclic) bond motifs is 1. The minimum atomic E-state index is -4.56. The molecule has 1 aromatic carbocycles. The largest absolute Gasteiger partial charge is 0.435 e. The van der Waals surface area contributed by atoms with Gasteiger partial charge in [0.1, 0.15) is 5.82 Å². The van der Waals surface area contributed by atoms with Gasteiger partial charge in [-0.2, -0.15) is 22.8 Å². The van der Waals surface area contributed by atoms with Gasteiger partial charge < -0.3 is 9.80 Å². The van der Waals surface area contributed by atoms with Gasteiger partial charge in [-0.05, 0) is 19.0 Å². The highest BCUT2D eigenvalue weighted by molar-refractivity contribution is 5.81. The van der Waals surface area contributed by atoms with Crippen LogP contribution in [-0.4, -0.2) is 52.2 Å². The van der Waals surface area contributed by atoms with Gasteiger partial charge in [-0.25, -0.2) is 4.98 Å². The smallest absolute Gasteiger partial charge is 0.354 e. The fourth-order valence-corrected chi connectivity index (χ4v) is 3.71. The van der Waals surface area contributed by atoms with Crippen molar-refractivity contribution in [1.29, 1.82) is 0 Å². The molecule has 0 unspecified atom stereocenters. The van der Waals surface area contributed by atoms with Gasteiger partial charge in [0.05, 0.1) is 5.56 Å². The molecule has 0 N–H and O–H groups in total. The Morgan fingerprint density at radius 2 is 1.71 bits per heavy atom. The Kier molecular flexibility index (Phi) is 4.74. The van der Waals surface area contributed by atoms with Crippen LogP contribution in [0.15, 0.2) is 36.4 Å². The predicted octanol–water partition coefficient (Wildman–Crippen LogP) is 3.87. The van der Waals surface area contributed by atoms with Gasteiger partial charge in [-0.15, -0.1) is 0 Å². The lowest BCUT2D eigenvalue weighted by atomic mass is 10.1. The number of piperazine rings is 1. The molecule has 148 valence electrons. The first-order valence-corrected chi connectivity index (χ1v) is 9.38. The number of halogens is 3. The van der Waals surface area contributed by atoms with Crippen LogP contribution in [0.25, 0.3) is 16.8 Å². The van der Waals surface area contributed by atoms with Crippen LogP contribution in [0.4, 0.5) is 19.0 Å². The molecule has 0 aliphatic carbocycles. The van der Waals surface area contributed by atoms with Gasteiger partial charge in [0.15, 0.2) is 11.3 Å². The summed E-state index contributed by atoms with van der Waals surface area (Å²) in [6, 6.07) is 10.4. The number of anilines is 1. The lowest BCUT2D eigenvalue weighted by Gasteiger charge is -2.35. The normalized spacial score (nSPS) is 16.1. The van der Waals surface area contributed by atoms with Crippen molar-refractivity contribution in [2.24, 2.45) is 0 Å². The van der Waals surface area contributed by atoms with E-state index in [1.807, 2.05) is 6.07 Å². The average molecular weight is 389 g/mol. The van der Waals surface area contributed by atoms with Crippen LogP contribution in [-0.2, 0) is 6.18 Å². The highest BCUT2D eigenvalue weighted by atomic mass is 19.4. The molecule has 4 rings (SSSR count). The van der Waals surface area contributed by atoms with Gasteiger partial charge in [0.2, 0.25) is 0 Å². The molecule has 0 radical (unpaired) electrons. The summed E-state index contributed by atoms with van der Waals surface area (Å²) in [5, 5.41) is 3.99. The third-order valence-electron chi connectivity index (χ3n) is 5.17. The van der Waals surface area contributed by atoms with Gasteiger partial charge in [0, 0.05) is 37.9 Å². The van der Waals surface area contributed by atoms with Crippen LogP contribution >= 0.6 is 0 Å². The molecule has 8 heteroatoms. The lowest BCUT2D eigenvalue weighted by Crippen LogP contribution is -2.46. The van der Waals surface area contributed by atoms with Crippen molar-refractivity contribution >= 4 is 11.5 Å². The Hall–Kier alpha value is -2.61. The predicted molar refractivity (Wildman–Crippen MR) is 102 cm³/mol. The fraction of sp³-hybridized carbons (Fsp3) is 0.400. The third-order valence-corrected chi connectivity index (χ3v) is 5.17. The monoisotopic (exact) mass is 389 g/mol. The fourth-order valence-electron chi connectivity index (χ4n) is 3.71. The number of hydrogen-bond donors (Lipinski definition) is 0. The van der Waals surface area contributed by atoms with Crippen LogP contribution in [0.5, 0.6) is 0 Å². The highest BCUT2D eigenvalue weighted by Gasteiger charge is 2.39. The maximum atomic E-state index is 13.8. The van der Waals surface area contributed by atoms with E-state index >= 15 is 0 Å². The summed E-state index contributed by atoms with van der Waals surface area (Å²) in [5.41, 5.74) is 0.512. The molecular weight excluding hydrogens is 367 g/mol. The molecule has 1 saturated heterocycles. The maximum Gasteiger partial charge on any atom is 0.435 e. The Balaban J connectivity index is 1.91. The zero-order valence-electron chi connectivity index (χ0n) is 15.9. The summed E-state index contributed by atoms with van der Waals surface area (Å²) in [5.74, 6) is 0.658. The SMILES string of the molecule is CCN1CCN(c2cc(C)nc3c(-c4ccccc4)c(C(F)(F)F)nn23)CC1. The molecule has 1 aliphatic rings. The van der Waals surface area contributed by atoms with Gasteiger partial charge in [0.25, 0.3) is 0 Å². The van der Waals surface area contributed by atoms with E-state index < -0.39 is 11.9 Å². The Morgan fingerprint density at radius 3 is 2.32 bits per heavy atom. The zero-order valence-corrected chi connectivity index (χ0v) is 15.9. The second-order valence-electron chi connectivity index (χ2n) is 7.00. The summed E-state index contributed by atoms with van der Waals surface area (Å²) in [6.45, 7) is 8.12. The molecule has 28 heavy (non-hydrogen) atoms. The highest BCUT2D eigenvalue weighted by Crippen LogP contribution is 2.39. The summed E-state index contributed by atoms with van der Waals surface area (Å²) >= 11 is 0. The first-order chi connectivity index (χ1) is 13.4. The first-order valence-electron chi connectivity index (χ1n) is 9.38. The van der Waals surface area contributed by atoms with Crippen molar-refractivity contribution in [1.82, 2.24) is 19.5 Å². The second kappa shape index (κ2) is 7.09. The summed E-state index contributed by atoms with van der Waals surface area (Å²) in [4.78, 5) is 8.85.